The molecule has 0 aliphatic carbocycles. The molecule has 0 aromatic heterocycles. The van der Waals surface area contributed by atoms with Gasteiger partial charge in [0.2, 0.25) is 5.91 Å². The van der Waals surface area contributed by atoms with Gasteiger partial charge in [-0.3, -0.25) is 9.69 Å². The molecule has 0 atom stereocenters. The van der Waals surface area contributed by atoms with Crippen molar-refractivity contribution in [1.29, 1.82) is 0 Å². The average molecular weight is 332 g/mol. The summed E-state index contributed by atoms with van der Waals surface area (Å²) in [5, 5.41) is 0. The van der Waals surface area contributed by atoms with Gasteiger partial charge < -0.3 is 14.4 Å². The summed E-state index contributed by atoms with van der Waals surface area (Å²) in [5.74, 6) is 1.46. The lowest BCUT2D eigenvalue weighted by Crippen LogP contribution is -2.47. The molecule has 0 bridgehead atoms. The van der Waals surface area contributed by atoms with Crippen molar-refractivity contribution in [3.05, 3.63) is 29.8 Å². The Labute approximate surface area is 144 Å². The van der Waals surface area contributed by atoms with Crippen LogP contribution >= 0.6 is 0 Å². The Morgan fingerprint density at radius 2 is 1.96 bits per heavy atom. The Morgan fingerprint density at radius 1 is 1.21 bits per heavy atom. The summed E-state index contributed by atoms with van der Waals surface area (Å²) in [6, 6.07) is 8.16. The summed E-state index contributed by atoms with van der Waals surface area (Å²) < 4.78 is 11.2. The Kier molecular flexibility index (Phi) is 6.10. The van der Waals surface area contributed by atoms with Crippen LogP contribution in [-0.4, -0.2) is 68.3 Å². The van der Waals surface area contributed by atoms with Crippen LogP contribution in [0.5, 0.6) is 5.75 Å². The van der Waals surface area contributed by atoms with Crippen molar-refractivity contribution >= 4 is 5.91 Å². The first-order valence-corrected chi connectivity index (χ1v) is 9.01. The molecule has 2 aliphatic rings. The number of hydrogen-bond acceptors (Lipinski definition) is 4. The molecule has 2 fully saturated rings. The first-order valence-electron chi connectivity index (χ1n) is 9.01. The van der Waals surface area contributed by atoms with Gasteiger partial charge in [-0.25, -0.2) is 0 Å². The minimum Gasteiger partial charge on any atom is -0.492 e. The van der Waals surface area contributed by atoms with E-state index in [0.717, 1.165) is 51.3 Å². The predicted octanol–water partition coefficient (Wildman–Crippen LogP) is 1.94. The summed E-state index contributed by atoms with van der Waals surface area (Å²) in [6.07, 6.45) is 1.92. The molecule has 0 unspecified atom stereocenters. The van der Waals surface area contributed by atoms with Crippen LogP contribution in [0, 0.1) is 12.8 Å². The maximum absolute atomic E-state index is 12.5. The third-order valence-corrected chi connectivity index (χ3v) is 4.93. The van der Waals surface area contributed by atoms with Gasteiger partial charge in [0, 0.05) is 25.6 Å². The highest BCUT2D eigenvalue weighted by molar-refractivity contribution is 5.79. The Hall–Kier alpha value is -1.59. The summed E-state index contributed by atoms with van der Waals surface area (Å²) in [4.78, 5) is 16.9. The molecule has 5 heteroatoms. The Balaban J connectivity index is 1.36. The van der Waals surface area contributed by atoms with Crippen molar-refractivity contribution in [3.8, 4) is 5.75 Å². The number of piperidine rings is 1. The van der Waals surface area contributed by atoms with Crippen LogP contribution in [0.1, 0.15) is 18.4 Å². The van der Waals surface area contributed by atoms with Gasteiger partial charge in [0.05, 0.1) is 13.2 Å². The molecule has 2 aliphatic heterocycles. The first kappa shape index (κ1) is 17.2. The van der Waals surface area contributed by atoms with Crippen LogP contribution in [0.25, 0.3) is 0 Å². The highest BCUT2D eigenvalue weighted by atomic mass is 16.5. The van der Waals surface area contributed by atoms with Gasteiger partial charge >= 0.3 is 0 Å². The molecule has 2 saturated heterocycles. The number of morpholine rings is 1. The summed E-state index contributed by atoms with van der Waals surface area (Å²) >= 11 is 0. The maximum atomic E-state index is 12.5. The maximum Gasteiger partial charge on any atom is 0.225 e. The van der Waals surface area contributed by atoms with Gasteiger partial charge in [0.15, 0.2) is 0 Å². The van der Waals surface area contributed by atoms with E-state index in [1.165, 1.54) is 5.56 Å². The van der Waals surface area contributed by atoms with Crippen LogP contribution < -0.4 is 4.74 Å². The Morgan fingerprint density at radius 3 is 2.67 bits per heavy atom. The van der Waals surface area contributed by atoms with E-state index >= 15 is 0 Å². The normalized spacial score (nSPS) is 20.1. The molecular weight excluding hydrogens is 304 g/mol. The molecule has 0 radical (unpaired) electrons. The monoisotopic (exact) mass is 332 g/mol. The van der Waals surface area contributed by atoms with Crippen molar-refractivity contribution in [1.82, 2.24) is 9.80 Å². The fourth-order valence-electron chi connectivity index (χ4n) is 3.44. The third-order valence-electron chi connectivity index (χ3n) is 4.93. The first-order chi connectivity index (χ1) is 11.7. The van der Waals surface area contributed by atoms with Crippen molar-refractivity contribution < 1.29 is 14.3 Å². The second kappa shape index (κ2) is 8.49. The van der Waals surface area contributed by atoms with Crippen molar-refractivity contribution in [2.75, 3.05) is 52.5 Å². The number of carbonyl (C=O) groups is 1. The topological polar surface area (TPSA) is 42.0 Å². The summed E-state index contributed by atoms with van der Waals surface area (Å²) in [5.41, 5.74) is 1.22. The van der Waals surface area contributed by atoms with E-state index in [2.05, 4.69) is 24.0 Å². The van der Waals surface area contributed by atoms with E-state index in [-0.39, 0.29) is 5.92 Å². The van der Waals surface area contributed by atoms with Gasteiger partial charge in [-0.1, -0.05) is 12.1 Å². The van der Waals surface area contributed by atoms with E-state index in [9.17, 15) is 4.79 Å². The van der Waals surface area contributed by atoms with Crippen molar-refractivity contribution in [3.63, 3.8) is 0 Å². The van der Waals surface area contributed by atoms with Crippen molar-refractivity contribution in [2.24, 2.45) is 5.92 Å². The molecule has 1 amide bonds. The highest BCUT2D eigenvalue weighted by Crippen LogP contribution is 2.20. The minimum atomic E-state index is 0.192. The second-order valence-corrected chi connectivity index (χ2v) is 6.72. The second-order valence-electron chi connectivity index (χ2n) is 6.72. The average Bonchev–Trinajstić information content (AvgIpc) is 2.63. The largest absolute Gasteiger partial charge is 0.492 e. The summed E-state index contributed by atoms with van der Waals surface area (Å²) in [6.45, 7) is 8.53. The molecular formula is C19H28N2O3. The van der Waals surface area contributed by atoms with E-state index in [1.54, 1.807) is 0 Å². The molecule has 1 aromatic carbocycles. The SMILES string of the molecule is Cc1cccc(OCCN2CCC(C(=O)N3CCOCC3)CC2)c1. The smallest absolute Gasteiger partial charge is 0.225 e. The summed E-state index contributed by atoms with van der Waals surface area (Å²) in [7, 11) is 0. The van der Waals surface area contributed by atoms with Crippen LogP contribution in [0.3, 0.4) is 0 Å². The number of carbonyl (C=O) groups excluding carboxylic acids is 1. The fourth-order valence-corrected chi connectivity index (χ4v) is 3.44. The lowest BCUT2D eigenvalue weighted by Gasteiger charge is -2.35. The zero-order valence-corrected chi connectivity index (χ0v) is 14.6. The number of nitrogens with zero attached hydrogens (tertiary/aromatic N) is 2. The quantitative estimate of drug-likeness (QED) is 0.826. The van der Waals surface area contributed by atoms with Gasteiger partial charge in [-0.2, -0.15) is 0 Å². The number of ether oxygens (including phenoxy) is 2. The minimum absolute atomic E-state index is 0.192. The van der Waals surface area contributed by atoms with E-state index in [1.807, 2.05) is 17.0 Å². The molecule has 0 spiro atoms. The number of aryl methyl sites for hydroxylation is 1. The number of hydrogen-bond donors (Lipinski definition) is 0. The van der Waals surface area contributed by atoms with E-state index < -0.39 is 0 Å². The molecule has 0 saturated carbocycles. The molecule has 2 heterocycles. The number of likely N-dealkylation sites (tertiary alicyclic amines) is 1. The molecule has 5 nitrogen and oxygen atoms in total. The predicted molar refractivity (Wildman–Crippen MR) is 93.2 cm³/mol. The third kappa shape index (κ3) is 4.71. The molecule has 3 rings (SSSR count). The van der Waals surface area contributed by atoms with Crippen molar-refractivity contribution in [2.45, 2.75) is 19.8 Å². The fraction of sp³-hybridized carbons (Fsp3) is 0.632. The lowest BCUT2D eigenvalue weighted by molar-refractivity contribution is -0.141. The van der Waals surface area contributed by atoms with Gasteiger partial charge in [0.25, 0.3) is 0 Å². The van der Waals surface area contributed by atoms with Gasteiger partial charge in [-0.15, -0.1) is 0 Å². The van der Waals surface area contributed by atoms with Crippen LogP contribution in [-0.2, 0) is 9.53 Å². The standard InChI is InChI=1S/C19H28N2O3/c1-16-3-2-4-18(15-16)24-14-9-20-7-5-17(6-8-20)19(22)21-10-12-23-13-11-21/h2-4,15,17H,5-14H2,1H3. The van der Waals surface area contributed by atoms with Crippen LogP contribution in [0.4, 0.5) is 0 Å². The van der Waals surface area contributed by atoms with E-state index in [0.29, 0.717) is 25.7 Å². The zero-order chi connectivity index (χ0) is 16.8. The van der Waals surface area contributed by atoms with Gasteiger partial charge in [0.1, 0.15) is 12.4 Å². The van der Waals surface area contributed by atoms with Crippen LogP contribution in [0.15, 0.2) is 24.3 Å². The number of amides is 1. The Bertz CT molecular complexity index is 535. The zero-order valence-electron chi connectivity index (χ0n) is 14.6. The highest BCUT2D eigenvalue weighted by Gasteiger charge is 2.29. The van der Waals surface area contributed by atoms with Gasteiger partial charge in [-0.05, 0) is 50.6 Å². The number of rotatable bonds is 5. The molecule has 1 aromatic rings. The molecule has 24 heavy (non-hydrogen) atoms. The molecule has 132 valence electrons. The van der Waals surface area contributed by atoms with E-state index in [4.69, 9.17) is 9.47 Å². The lowest BCUT2D eigenvalue weighted by atomic mass is 9.95. The molecule has 0 N–H and O–H groups in total. The van der Waals surface area contributed by atoms with Crippen LogP contribution in [0.2, 0.25) is 0 Å². The number of benzene rings is 1.